The first kappa shape index (κ1) is 7.46. The Morgan fingerprint density at radius 1 is 1.70 bits per heavy atom. The average molecular weight is 146 g/mol. The summed E-state index contributed by atoms with van der Waals surface area (Å²) in [6, 6.07) is -0.648. The summed E-state index contributed by atoms with van der Waals surface area (Å²) in [5, 5.41) is 20.0. The van der Waals surface area contributed by atoms with E-state index in [-0.39, 0.29) is 0 Å². The van der Waals surface area contributed by atoms with Crippen LogP contribution in [0.25, 0.3) is 0 Å². The zero-order valence-electron chi connectivity index (χ0n) is 5.37. The van der Waals surface area contributed by atoms with Crippen LogP contribution in [0.4, 0.5) is 0 Å². The summed E-state index contributed by atoms with van der Waals surface area (Å²) in [6.45, 7) is 0.610. The fourth-order valence-corrected chi connectivity index (χ4v) is 1.03. The van der Waals surface area contributed by atoms with E-state index in [9.17, 15) is 4.79 Å². The molecule has 1 rings (SSSR count). The molecule has 1 saturated heterocycles. The van der Waals surface area contributed by atoms with Crippen molar-refractivity contribution < 1.29 is 15.1 Å². The third kappa shape index (κ3) is 1.26. The number of amides is 1. The van der Waals surface area contributed by atoms with Gasteiger partial charge in [-0.15, -0.1) is 0 Å². The molecule has 5 heteroatoms. The molecule has 1 fully saturated rings. The second-order valence-corrected chi connectivity index (χ2v) is 2.26. The van der Waals surface area contributed by atoms with Gasteiger partial charge in [0.15, 0.2) is 0 Å². The van der Waals surface area contributed by atoms with Crippen LogP contribution in [-0.4, -0.2) is 34.9 Å². The molecule has 1 heterocycles. The summed E-state index contributed by atoms with van der Waals surface area (Å²) in [6.07, 6.45) is -0.120. The highest BCUT2D eigenvalue weighted by molar-refractivity contribution is 5.81. The molecule has 0 aromatic rings. The monoisotopic (exact) mass is 146 g/mol. The van der Waals surface area contributed by atoms with Crippen molar-refractivity contribution in [2.24, 2.45) is 0 Å². The first-order valence-electron chi connectivity index (χ1n) is 3.11. The van der Waals surface area contributed by atoms with Gasteiger partial charge in [-0.25, -0.2) is 5.48 Å². The van der Waals surface area contributed by atoms with Gasteiger partial charge in [0.25, 0.3) is 5.91 Å². The number of aliphatic hydroxyl groups is 1. The fraction of sp³-hybridized carbons (Fsp3) is 0.800. The zero-order valence-corrected chi connectivity index (χ0v) is 5.37. The van der Waals surface area contributed by atoms with Gasteiger partial charge in [-0.05, 0) is 13.0 Å². The lowest BCUT2D eigenvalue weighted by Gasteiger charge is -2.10. The average Bonchev–Trinajstić information content (AvgIpc) is 2.34. The highest BCUT2D eigenvalue weighted by atomic mass is 16.5. The third-order valence-corrected chi connectivity index (χ3v) is 1.58. The molecular formula is C5H10N2O3. The Kier molecular flexibility index (Phi) is 2.21. The van der Waals surface area contributed by atoms with Crippen LogP contribution in [0, 0.1) is 0 Å². The van der Waals surface area contributed by atoms with Crippen LogP contribution in [0.3, 0.4) is 0 Å². The summed E-state index contributed by atoms with van der Waals surface area (Å²) < 4.78 is 0. The summed E-state index contributed by atoms with van der Waals surface area (Å²) in [5.41, 5.74) is 1.48. The number of carbonyl (C=O) groups is 1. The molecule has 1 amide bonds. The van der Waals surface area contributed by atoms with E-state index in [1.165, 1.54) is 5.48 Å². The predicted octanol–water partition coefficient (Wildman–Crippen LogP) is -1.79. The molecule has 4 N–H and O–H groups in total. The van der Waals surface area contributed by atoms with Crippen molar-refractivity contribution >= 4 is 5.91 Å². The minimum Gasteiger partial charge on any atom is -0.391 e. The lowest BCUT2D eigenvalue weighted by atomic mass is 10.2. The Balaban J connectivity index is 2.46. The van der Waals surface area contributed by atoms with E-state index >= 15 is 0 Å². The lowest BCUT2D eigenvalue weighted by Crippen LogP contribution is -2.44. The SMILES string of the molecule is O=C(NO)C1NCCC1O. The Labute approximate surface area is 58.0 Å². The highest BCUT2D eigenvalue weighted by Crippen LogP contribution is 2.05. The Bertz CT molecular complexity index is 139. The van der Waals surface area contributed by atoms with Crippen molar-refractivity contribution in [2.45, 2.75) is 18.6 Å². The van der Waals surface area contributed by atoms with Crippen molar-refractivity contribution in [1.82, 2.24) is 10.8 Å². The van der Waals surface area contributed by atoms with Crippen LogP contribution in [0.2, 0.25) is 0 Å². The highest BCUT2D eigenvalue weighted by Gasteiger charge is 2.30. The lowest BCUT2D eigenvalue weighted by molar-refractivity contribution is -0.133. The number of hydroxylamine groups is 1. The van der Waals surface area contributed by atoms with Crippen LogP contribution in [0.15, 0.2) is 0 Å². The molecule has 0 spiro atoms. The molecule has 5 nitrogen and oxygen atoms in total. The first-order valence-corrected chi connectivity index (χ1v) is 3.11. The Morgan fingerprint density at radius 3 is 2.80 bits per heavy atom. The van der Waals surface area contributed by atoms with Crippen molar-refractivity contribution in [3.63, 3.8) is 0 Å². The maximum atomic E-state index is 10.6. The van der Waals surface area contributed by atoms with Gasteiger partial charge >= 0.3 is 0 Å². The number of aliphatic hydroxyl groups excluding tert-OH is 1. The smallest absolute Gasteiger partial charge is 0.263 e. The molecule has 1 aliphatic heterocycles. The largest absolute Gasteiger partial charge is 0.391 e. The standard InChI is InChI=1S/C5H10N2O3/c8-3-1-2-6-4(3)5(9)7-10/h3-4,6,8,10H,1-2H2,(H,7,9). The van der Waals surface area contributed by atoms with Crippen LogP contribution >= 0.6 is 0 Å². The van der Waals surface area contributed by atoms with Crippen LogP contribution in [-0.2, 0) is 4.79 Å². The van der Waals surface area contributed by atoms with Gasteiger partial charge in [0.2, 0.25) is 0 Å². The molecule has 0 saturated carbocycles. The second kappa shape index (κ2) is 2.96. The quantitative estimate of drug-likeness (QED) is 0.260. The minimum absolute atomic E-state index is 0.554. The normalized spacial score (nSPS) is 32.2. The van der Waals surface area contributed by atoms with Crippen LogP contribution in [0.1, 0.15) is 6.42 Å². The van der Waals surface area contributed by atoms with Gasteiger partial charge < -0.3 is 10.4 Å². The van der Waals surface area contributed by atoms with Gasteiger partial charge in [0.05, 0.1) is 6.10 Å². The molecule has 2 atom stereocenters. The first-order chi connectivity index (χ1) is 4.75. The van der Waals surface area contributed by atoms with Crippen LogP contribution < -0.4 is 10.8 Å². The van der Waals surface area contributed by atoms with E-state index in [4.69, 9.17) is 10.3 Å². The fourth-order valence-electron chi connectivity index (χ4n) is 1.03. The maximum Gasteiger partial charge on any atom is 0.263 e. The van der Waals surface area contributed by atoms with E-state index in [1.54, 1.807) is 0 Å². The summed E-state index contributed by atoms with van der Waals surface area (Å²) in [4.78, 5) is 10.6. The molecule has 0 aliphatic carbocycles. The van der Waals surface area contributed by atoms with Gasteiger partial charge in [0.1, 0.15) is 6.04 Å². The van der Waals surface area contributed by atoms with Crippen molar-refractivity contribution in [1.29, 1.82) is 0 Å². The number of rotatable bonds is 1. The van der Waals surface area contributed by atoms with Gasteiger partial charge in [-0.3, -0.25) is 10.0 Å². The second-order valence-electron chi connectivity index (χ2n) is 2.26. The summed E-state index contributed by atoms with van der Waals surface area (Å²) in [5.74, 6) is -0.579. The summed E-state index contributed by atoms with van der Waals surface area (Å²) in [7, 11) is 0. The Morgan fingerprint density at radius 2 is 2.40 bits per heavy atom. The van der Waals surface area contributed by atoms with Gasteiger partial charge in [0, 0.05) is 0 Å². The molecule has 0 aromatic carbocycles. The van der Waals surface area contributed by atoms with E-state index < -0.39 is 18.1 Å². The summed E-state index contributed by atoms with van der Waals surface area (Å²) >= 11 is 0. The molecule has 2 unspecified atom stereocenters. The molecule has 0 aromatic heterocycles. The topological polar surface area (TPSA) is 81.6 Å². The Hall–Kier alpha value is -0.650. The predicted molar refractivity (Wildman–Crippen MR) is 32.3 cm³/mol. The third-order valence-electron chi connectivity index (χ3n) is 1.58. The van der Waals surface area contributed by atoms with E-state index in [1.807, 2.05) is 0 Å². The molecular weight excluding hydrogens is 136 g/mol. The van der Waals surface area contributed by atoms with Gasteiger partial charge in [-0.1, -0.05) is 0 Å². The number of hydrogen-bond acceptors (Lipinski definition) is 4. The molecule has 0 bridgehead atoms. The zero-order chi connectivity index (χ0) is 7.56. The minimum atomic E-state index is -0.674. The van der Waals surface area contributed by atoms with Crippen LogP contribution in [0.5, 0.6) is 0 Å². The number of hydrogen-bond donors (Lipinski definition) is 4. The molecule has 10 heavy (non-hydrogen) atoms. The molecule has 1 aliphatic rings. The van der Waals surface area contributed by atoms with E-state index in [0.29, 0.717) is 13.0 Å². The van der Waals surface area contributed by atoms with Crippen molar-refractivity contribution in [3.8, 4) is 0 Å². The van der Waals surface area contributed by atoms with Crippen molar-refractivity contribution in [3.05, 3.63) is 0 Å². The molecule has 0 radical (unpaired) electrons. The van der Waals surface area contributed by atoms with Gasteiger partial charge in [-0.2, -0.15) is 0 Å². The van der Waals surface area contributed by atoms with E-state index in [2.05, 4.69) is 5.32 Å². The maximum absolute atomic E-state index is 10.6. The van der Waals surface area contributed by atoms with Crippen molar-refractivity contribution in [2.75, 3.05) is 6.54 Å². The number of nitrogens with one attached hydrogen (secondary N) is 2. The molecule has 58 valence electrons. The number of carbonyl (C=O) groups excluding carboxylic acids is 1. The van der Waals surface area contributed by atoms with E-state index in [0.717, 1.165) is 0 Å².